The summed E-state index contributed by atoms with van der Waals surface area (Å²) >= 11 is 1.49. The van der Waals surface area contributed by atoms with Crippen molar-refractivity contribution < 1.29 is 12.8 Å². The molecular weight excluding hydrogens is 297 g/mol. The van der Waals surface area contributed by atoms with Gasteiger partial charge in [0.15, 0.2) is 0 Å². The molecule has 0 amide bonds. The molecule has 0 aliphatic rings. The number of rotatable bonds is 6. The Labute approximate surface area is 122 Å². The summed E-state index contributed by atoms with van der Waals surface area (Å²) in [5.41, 5.74) is 0. The molecule has 1 aromatic heterocycles. The molecule has 0 spiro atoms. The Morgan fingerprint density at radius 2 is 2.00 bits per heavy atom. The van der Waals surface area contributed by atoms with Gasteiger partial charge in [-0.05, 0) is 30.0 Å². The topological polar surface area (TPSA) is 46.2 Å². The van der Waals surface area contributed by atoms with Crippen molar-refractivity contribution in [2.45, 2.75) is 30.7 Å². The molecule has 0 bridgehead atoms. The van der Waals surface area contributed by atoms with E-state index in [0.717, 1.165) is 17.4 Å². The number of benzene rings is 1. The van der Waals surface area contributed by atoms with Crippen LogP contribution in [0, 0.1) is 5.82 Å². The minimum absolute atomic E-state index is 0.308. The number of halogens is 1. The van der Waals surface area contributed by atoms with Crippen molar-refractivity contribution in [2.75, 3.05) is 0 Å². The molecule has 20 heavy (non-hydrogen) atoms. The maximum atomic E-state index is 13.6. The minimum Gasteiger partial charge on any atom is -0.207 e. The van der Waals surface area contributed by atoms with Gasteiger partial charge < -0.3 is 0 Å². The molecule has 0 saturated carbocycles. The Bertz CT molecular complexity index is 654. The van der Waals surface area contributed by atoms with E-state index in [1.54, 1.807) is 0 Å². The molecule has 2 aromatic rings. The summed E-state index contributed by atoms with van der Waals surface area (Å²) < 4.78 is 40.8. The maximum absolute atomic E-state index is 13.6. The summed E-state index contributed by atoms with van der Waals surface area (Å²) in [6.07, 6.45) is 1.51. The fourth-order valence-corrected chi connectivity index (χ4v) is 4.17. The molecule has 2 rings (SSSR count). The van der Waals surface area contributed by atoms with Crippen LogP contribution in [-0.4, -0.2) is 8.42 Å². The highest BCUT2D eigenvalue weighted by Gasteiger charge is 2.23. The molecule has 0 radical (unpaired) electrons. The van der Waals surface area contributed by atoms with Gasteiger partial charge in [0.2, 0.25) is 10.0 Å². The van der Waals surface area contributed by atoms with E-state index < -0.39 is 15.8 Å². The van der Waals surface area contributed by atoms with Gasteiger partial charge in [-0.1, -0.05) is 31.5 Å². The van der Waals surface area contributed by atoms with Crippen molar-refractivity contribution in [3.05, 3.63) is 52.5 Å². The molecule has 0 aliphatic carbocycles. The predicted octanol–water partition coefficient (Wildman–Crippen LogP) is 3.71. The standard InChI is InChI=1S/C14H16FNO2S2/c1-2-6-12(13-8-5-10-19-13)16-20(17,18)14-9-4-3-7-11(14)15/h3-5,7-10,12,16H,2,6H2,1H3. The molecule has 3 nitrogen and oxygen atoms in total. The minimum atomic E-state index is -3.86. The largest absolute Gasteiger partial charge is 0.244 e. The van der Waals surface area contributed by atoms with Gasteiger partial charge in [0.25, 0.3) is 0 Å². The number of nitrogens with one attached hydrogen (secondary N) is 1. The maximum Gasteiger partial charge on any atom is 0.244 e. The fraction of sp³-hybridized carbons (Fsp3) is 0.286. The Morgan fingerprint density at radius 1 is 1.25 bits per heavy atom. The fourth-order valence-electron chi connectivity index (χ4n) is 1.95. The Kier molecular flexibility index (Phi) is 4.91. The van der Waals surface area contributed by atoms with E-state index in [-0.39, 0.29) is 10.9 Å². The van der Waals surface area contributed by atoms with Crippen LogP contribution in [0.4, 0.5) is 4.39 Å². The first-order valence-corrected chi connectivity index (χ1v) is 8.71. The van der Waals surface area contributed by atoms with E-state index in [1.165, 1.54) is 29.5 Å². The SMILES string of the molecule is CCCC(NS(=O)(=O)c1ccccc1F)c1cccs1. The molecule has 1 N–H and O–H groups in total. The molecule has 0 fully saturated rings. The van der Waals surface area contributed by atoms with Crippen LogP contribution in [0.25, 0.3) is 0 Å². The highest BCUT2D eigenvalue weighted by Crippen LogP contribution is 2.26. The van der Waals surface area contributed by atoms with Crippen LogP contribution in [0.5, 0.6) is 0 Å². The van der Waals surface area contributed by atoms with Crippen LogP contribution >= 0.6 is 11.3 Å². The second-order valence-electron chi connectivity index (χ2n) is 4.41. The van der Waals surface area contributed by atoms with Crippen LogP contribution in [-0.2, 0) is 10.0 Å². The highest BCUT2D eigenvalue weighted by atomic mass is 32.2. The van der Waals surface area contributed by atoms with Crippen molar-refractivity contribution >= 4 is 21.4 Å². The Hall–Kier alpha value is -1.24. The first-order chi connectivity index (χ1) is 9.54. The quantitative estimate of drug-likeness (QED) is 0.883. The second kappa shape index (κ2) is 6.47. The molecule has 1 aromatic carbocycles. The third-order valence-electron chi connectivity index (χ3n) is 2.89. The zero-order valence-corrected chi connectivity index (χ0v) is 12.7. The van der Waals surface area contributed by atoms with E-state index in [2.05, 4.69) is 4.72 Å². The lowest BCUT2D eigenvalue weighted by atomic mass is 10.1. The van der Waals surface area contributed by atoms with Crippen molar-refractivity contribution in [3.63, 3.8) is 0 Å². The van der Waals surface area contributed by atoms with E-state index in [4.69, 9.17) is 0 Å². The Balaban J connectivity index is 2.28. The summed E-state index contributed by atoms with van der Waals surface area (Å²) in [4.78, 5) is 0.629. The lowest BCUT2D eigenvalue weighted by Gasteiger charge is -2.17. The number of thiophene rings is 1. The van der Waals surface area contributed by atoms with Gasteiger partial charge in [0, 0.05) is 4.88 Å². The number of hydrogen-bond acceptors (Lipinski definition) is 3. The molecular formula is C14H16FNO2S2. The monoisotopic (exact) mass is 313 g/mol. The van der Waals surface area contributed by atoms with Crippen molar-refractivity contribution in [1.29, 1.82) is 0 Å². The van der Waals surface area contributed by atoms with Gasteiger partial charge in [0.1, 0.15) is 10.7 Å². The molecule has 1 unspecified atom stereocenters. The average Bonchev–Trinajstić information content (AvgIpc) is 2.92. The zero-order chi connectivity index (χ0) is 14.6. The summed E-state index contributed by atoms with van der Waals surface area (Å²) in [6.45, 7) is 1.98. The predicted molar refractivity (Wildman–Crippen MR) is 78.7 cm³/mol. The molecule has 6 heteroatoms. The van der Waals surface area contributed by atoms with Gasteiger partial charge >= 0.3 is 0 Å². The second-order valence-corrected chi connectivity index (χ2v) is 7.07. The summed E-state index contributed by atoms with van der Waals surface area (Å²) in [5.74, 6) is -0.735. The lowest BCUT2D eigenvalue weighted by Crippen LogP contribution is -2.28. The van der Waals surface area contributed by atoms with Crippen molar-refractivity contribution in [2.24, 2.45) is 0 Å². The van der Waals surface area contributed by atoms with Gasteiger partial charge in [-0.3, -0.25) is 0 Å². The smallest absolute Gasteiger partial charge is 0.207 e. The van der Waals surface area contributed by atoms with Crippen LogP contribution in [0.2, 0.25) is 0 Å². The third-order valence-corrected chi connectivity index (χ3v) is 5.38. The van der Waals surface area contributed by atoms with Crippen LogP contribution < -0.4 is 4.72 Å². The summed E-state index contributed by atoms with van der Waals surface area (Å²) in [6, 6.07) is 8.84. The molecule has 1 atom stereocenters. The molecule has 1 heterocycles. The Morgan fingerprint density at radius 3 is 2.60 bits per heavy atom. The van der Waals surface area contributed by atoms with E-state index in [1.807, 2.05) is 24.4 Å². The van der Waals surface area contributed by atoms with E-state index >= 15 is 0 Å². The zero-order valence-electron chi connectivity index (χ0n) is 11.0. The highest BCUT2D eigenvalue weighted by molar-refractivity contribution is 7.89. The molecule has 0 saturated heterocycles. The average molecular weight is 313 g/mol. The van der Waals surface area contributed by atoms with Gasteiger partial charge in [0.05, 0.1) is 6.04 Å². The first-order valence-electron chi connectivity index (χ1n) is 6.35. The van der Waals surface area contributed by atoms with Crippen LogP contribution in [0.1, 0.15) is 30.7 Å². The molecule has 0 aliphatic heterocycles. The summed E-state index contributed by atoms with van der Waals surface area (Å²) in [7, 11) is -3.86. The van der Waals surface area contributed by atoms with Gasteiger partial charge in [-0.15, -0.1) is 11.3 Å². The van der Waals surface area contributed by atoms with Crippen molar-refractivity contribution in [1.82, 2.24) is 4.72 Å². The van der Waals surface area contributed by atoms with Gasteiger partial charge in [-0.2, -0.15) is 0 Å². The summed E-state index contributed by atoms with van der Waals surface area (Å²) in [5, 5.41) is 1.90. The van der Waals surface area contributed by atoms with E-state index in [9.17, 15) is 12.8 Å². The van der Waals surface area contributed by atoms with Gasteiger partial charge in [-0.25, -0.2) is 17.5 Å². The molecule has 108 valence electrons. The van der Waals surface area contributed by atoms with Crippen molar-refractivity contribution in [3.8, 4) is 0 Å². The number of sulfonamides is 1. The number of hydrogen-bond donors (Lipinski definition) is 1. The lowest BCUT2D eigenvalue weighted by molar-refractivity contribution is 0.528. The normalized spacial score (nSPS) is 13.3. The third kappa shape index (κ3) is 3.45. The van der Waals surface area contributed by atoms with Crippen LogP contribution in [0.15, 0.2) is 46.7 Å². The van der Waals surface area contributed by atoms with E-state index in [0.29, 0.717) is 6.42 Å². The van der Waals surface area contributed by atoms with Crippen LogP contribution in [0.3, 0.4) is 0 Å². The first kappa shape index (κ1) is 15.2.